The van der Waals surface area contributed by atoms with Crippen molar-refractivity contribution in [2.45, 2.75) is 19.4 Å². The van der Waals surface area contributed by atoms with Gasteiger partial charge in [0.15, 0.2) is 0 Å². The van der Waals surface area contributed by atoms with Gasteiger partial charge in [-0.3, -0.25) is 0 Å². The molecule has 1 heterocycles. The van der Waals surface area contributed by atoms with Crippen molar-refractivity contribution in [1.82, 2.24) is 4.98 Å². The van der Waals surface area contributed by atoms with Crippen LogP contribution in [0.2, 0.25) is 0 Å². The maximum Gasteiger partial charge on any atom is 0.0846 e. The van der Waals surface area contributed by atoms with Crippen molar-refractivity contribution in [3.63, 3.8) is 0 Å². The van der Waals surface area contributed by atoms with Gasteiger partial charge >= 0.3 is 0 Å². The predicted molar refractivity (Wildman–Crippen MR) is 114 cm³/mol. The van der Waals surface area contributed by atoms with Crippen LogP contribution in [0.4, 0.5) is 0 Å². The minimum Gasteiger partial charge on any atom is -0.386 e. The molecule has 0 unspecified atom stereocenters. The monoisotopic (exact) mass is 351 g/mol. The molecule has 0 spiro atoms. The van der Waals surface area contributed by atoms with Crippen molar-refractivity contribution in [3.8, 4) is 11.1 Å². The van der Waals surface area contributed by atoms with Gasteiger partial charge in [0.25, 0.3) is 0 Å². The summed E-state index contributed by atoms with van der Waals surface area (Å²) in [6.45, 7) is 3.70. The van der Waals surface area contributed by atoms with Crippen LogP contribution >= 0.6 is 0 Å². The van der Waals surface area contributed by atoms with Gasteiger partial charge in [0.1, 0.15) is 0 Å². The molecule has 1 aromatic heterocycles. The second-order valence-electron chi connectivity index (χ2n) is 7.67. The zero-order valence-corrected chi connectivity index (χ0v) is 15.5. The largest absolute Gasteiger partial charge is 0.386 e. The first kappa shape index (κ1) is 16.1. The summed E-state index contributed by atoms with van der Waals surface area (Å²) in [5.74, 6) is 0. The van der Waals surface area contributed by atoms with Gasteiger partial charge in [-0.25, -0.2) is 0 Å². The number of para-hydroxylation sites is 1. The topological polar surface area (TPSA) is 36.0 Å². The summed E-state index contributed by atoms with van der Waals surface area (Å²) in [6, 6.07) is 27.3. The molecule has 0 amide bonds. The lowest BCUT2D eigenvalue weighted by atomic mass is 9.85. The fourth-order valence-corrected chi connectivity index (χ4v) is 4.20. The summed E-state index contributed by atoms with van der Waals surface area (Å²) in [7, 11) is 0. The molecule has 0 atom stereocenters. The van der Waals surface area contributed by atoms with E-state index in [0.29, 0.717) is 0 Å². The Hall–Kier alpha value is -3.10. The van der Waals surface area contributed by atoms with E-state index in [9.17, 15) is 5.11 Å². The first-order valence-electron chi connectivity index (χ1n) is 9.28. The lowest BCUT2D eigenvalue weighted by molar-refractivity contribution is 0.0792. The molecule has 2 nitrogen and oxygen atoms in total. The molecular weight excluding hydrogens is 330 g/mol. The summed E-state index contributed by atoms with van der Waals surface area (Å²) in [6.07, 6.45) is 0. The van der Waals surface area contributed by atoms with E-state index in [-0.39, 0.29) is 0 Å². The van der Waals surface area contributed by atoms with Gasteiger partial charge in [-0.15, -0.1) is 0 Å². The number of nitrogens with one attached hydrogen (secondary N) is 1. The van der Waals surface area contributed by atoms with Crippen LogP contribution in [0.1, 0.15) is 19.4 Å². The van der Waals surface area contributed by atoms with Gasteiger partial charge in [0.2, 0.25) is 0 Å². The average Bonchev–Trinajstić information content (AvgIpc) is 3.03. The number of rotatable bonds is 2. The molecular formula is C25H21NO. The molecule has 0 aliphatic rings. The predicted octanol–water partition coefficient (Wildman–Crippen LogP) is 6.37. The Kier molecular flexibility index (Phi) is 3.40. The van der Waals surface area contributed by atoms with Crippen molar-refractivity contribution < 1.29 is 5.11 Å². The van der Waals surface area contributed by atoms with E-state index in [1.165, 1.54) is 27.1 Å². The van der Waals surface area contributed by atoms with E-state index < -0.39 is 5.60 Å². The van der Waals surface area contributed by atoms with Gasteiger partial charge in [-0.2, -0.15) is 0 Å². The fraction of sp³-hybridized carbons (Fsp3) is 0.120. The Morgan fingerprint density at radius 2 is 1.41 bits per heavy atom. The third kappa shape index (κ3) is 2.45. The molecule has 2 heteroatoms. The summed E-state index contributed by atoms with van der Waals surface area (Å²) < 4.78 is 0. The van der Waals surface area contributed by atoms with Crippen molar-refractivity contribution in [1.29, 1.82) is 0 Å². The van der Waals surface area contributed by atoms with Crippen LogP contribution < -0.4 is 0 Å². The van der Waals surface area contributed by atoms with Crippen LogP contribution in [0.15, 0.2) is 78.9 Å². The van der Waals surface area contributed by atoms with Gasteiger partial charge in [0.05, 0.1) is 5.60 Å². The highest BCUT2D eigenvalue weighted by atomic mass is 16.3. The summed E-state index contributed by atoms with van der Waals surface area (Å²) in [4.78, 5) is 3.58. The highest BCUT2D eigenvalue weighted by Gasteiger charge is 2.23. The van der Waals surface area contributed by atoms with E-state index >= 15 is 0 Å². The van der Waals surface area contributed by atoms with Crippen LogP contribution in [-0.2, 0) is 5.60 Å². The summed E-state index contributed by atoms with van der Waals surface area (Å²) in [5.41, 5.74) is 4.52. The second-order valence-corrected chi connectivity index (χ2v) is 7.67. The number of aromatic nitrogens is 1. The van der Waals surface area contributed by atoms with E-state index in [2.05, 4.69) is 65.6 Å². The number of benzene rings is 4. The number of fused-ring (bicyclic) bond motifs is 4. The summed E-state index contributed by atoms with van der Waals surface area (Å²) >= 11 is 0. The number of H-pyrrole nitrogens is 1. The fourth-order valence-electron chi connectivity index (χ4n) is 4.20. The zero-order valence-electron chi connectivity index (χ0n) is 15.5. The third-order valence-corrected chi connectivity index (χ3v) is 5.37. The van der Waals surface area contributed by atoms with E-state index in [0.717, 1.165) is 22.2 Å². The lowest BCUT2D eigenvalue weighted by Gasteiger charge is -2.23. The minimum atomic E-state index is -0.925. The van der Waals surface area contributed by atoms with Crippen molar-refractivity contribution in [2.75, 3.05) is 0 Å². The maximum atomic E-state index is 10.8. The molecule has 0 saturated heterocycles. The SMILES string of the molecule is CC(C)(O)c1ccccc1-c1c2ccccc2cc2[nH]c3ccccc3c12. The highest BCUT2D eigenvalue weighted by molar-refractivity contribution is 6.22. The molecule has 0 radical (unpaired) electrons. The van der Waals surface area contributed by atoms with Gasteiger partial charge < -0.3 is 10.1 Å². The Labute approximate surface area is 158 Å². The standard InChI is InChI=1S/C25H21NO/c1-25(2,27)20-13-7-5-11-18(20)23-17-10-4-3-9-16(17)15-22-24(23)19-12-6-8-14-21(19)26-22/h3-15,26-27H,1-2H3. The molecule has 0 bridgehead atoms. The zero-order chi connectivity index (χ0) is 18.6. The highest BCUT2D eigenvalue weighted by Crippen LogP contribution is 2.43. The Morgan fingerprint density at radius 1 is 0.741 bits per heavy atom. The van der Waals surface area contributed by atoms with Crippen LogP contribution in [0, 0.1) is 0 Å². The molecule has 0 fully saturated rings. The lowest BCUT2D eigenvalue weighted by Crippen LogP contribution is -2.16. The molecule has 0 saturated carbocycles. The van der Waals surface area contributed by atoms with E-state index in [1.807, 2.05) is 32.0 Å². The van der Waals surface area contributed by atoms with Crippen LogP contribution in [0.3, 0.4) is 0 Å². The average molecular weight is 351 g/mol. The van der Waals surface area contributed by atoms with Gasteiger partial charge in [-0.1, -0.05) is 66.7 Å². The first-order valence-corrected chi connectivity index (χ1v) is 9.28. The van der Waals surface area contributed by atoms with Crippen LogP contribution in [0.25, 0.3) is 43.7 Å². The Bertz CT molecular complexity index is 1300. The maximum absolute atomic E-state index is 10.8. The smallest absolute Gasteiger partial charge is 0.0846 e. The second kappa shape index (κ2) is 5.70. The Balaban J connectivity index is 2.05. The molecule has 5 aromatic rings. The molecule has 132 valence electrons. The minimum absolute atomic E-state index is 0.925. The first-order chi connectivity index (χ1) is 13.0. The third-order valence-electron chi connectivity index (χ3n) is 5.37. The molecule has 27 heavy (non-hydrogen) atoms. The number of hydrogen-bond acceptors (Lipinski definition) is 1. The van der Waals surface area contributed by atoms with E-state index in [1.54, 1.807) is 0 Å². The Morgan fingerprint density at radius 3 is 2.22 bits per heavy atom. The van der Waals surface area contributed by atoms with Gasteiger partial charge in [0, 0.05) is 21.8 Å². The molecule has 0 aliphatic carbocycles. The van der Waals surface area contributed by atoms with Crippen molar-refractivity contribution >= 4 is 32.6 Å². The summed E-state index contributed by atoms with van der Waals surface area (Å²) in [5, 5.41) is 15.6. The number of hydrogen-bond donors (Lipinski definition) is 2. The molecule has 5 rings (SSSR count). The van der Waals surface area contributed by atoms with E-state index in [4.69, 9.17) is 0 Å². The van der Waals surface area contributed by atoms with Crippen LogP contribution in [0.5, 0.6) is 0 Å². The van der Waals surface area contributed by atoms with Gasteiger partial charge in [-0.05, 0) is 53.4 Å². The van der Waals surface area contributed by atoms with Crippen LogP contribution in [-0.4, -0.2) is 10.1 Å². The number of aromatic amines is 1. The molecule has 2 N–H and O–H groups in total. The van der Waals surface area contributed by atoms with Crippen molar-refractivity contribution in [3.05, 3.63) is 84.4 Å². The normalized spacial score (nSPS) is 12.3. The number of aliphatic hydroxyl groups is 1. The quantitative estimate of drug-likeness (QED) is 0.381. The van der Waals surface area contributed by atoms with Crippen molar-refractivity contribution in [2.24, 2.45) is 0 Å². The molecule has 4 aromatic carbocycles. The molecule has 0 aliphatic heterocycles.